The van der Waals surface area contributed by atoms with Crippen LogP contribution in [-0.4, -0.2) is 22.0 Å². The van der Waals surface area contributed by atoms with E-state index in [1.807, 2.05) is 37.3 Å². The molecule has 0 aliphatic carbocycles. The number of carbonyl (C=O) groups excluding carboxylic acids is 1. The third-order valence-electron chi connectivity index (χ3n) is 3.92. The molecule has 1 amide bonds. The first-order valence-electron chi connectivity index (χ1n) is 8.73. The minimum Gasteiger partial charge on any atom is -0.485 e. The standard InChI is InChI=1S/C21H20BrN3O3/c1-14-5-6-18(17(22)12-14)28-15(2)21(26)25-20-19(4-3-9-24-20)27-13-16-7-10-23-11-8-16/h3-12,15H,13H2,1-2H3,(H,24,25,26). The molecular formula is C21H20BrN3O3. The van der Waals surface area contributed by atoms with Crippen molar-refractivity contribution in [3.05, 3.63) is 76.7 Å². The minimum absolute atomic E-state index is 0.320. The molecule has 3 rings (SSSR count). The van der Waals surface area contributed by atoms with Crippen LogP contribution in [0.2, 0.25) is 0 Å². The zero-order chi connectivity index (χ0) is 19.9. The maximum absolute atomic E-state index is 12.6. The molecule has 1 atom stereocenters. The molecule has 7 heteroatoms. The quantitative estimate of drug-likeness (QED) is 0.582. The summed E-state index contributed by atoms with van der Waals surface area (Å²) in [4.78, 5) is 20.8. The van der Waals surface area contributed by atoms with Crippen molar-refractivity contribution in [3.8, 4) is 11.5 Å². The van der Waals surface area contributed by atoms with Gasteiger partial charge in [0, 0.05) is 18.6 Å². The van der Waals surface area contributed by atoms with Gasteiger partial charge in [0.2, 0.25) is 0 Å². The number of aryl methyl sites for hydroxylation is 1. The van der Waals surface area contributed by atoms with Crippen molar-refractivity contribution in [2.24, 2.45) is 0 Å². The van der Waals surface area contributed by atoms with E-state index in [1.54, 1.807) is 37.6 Å². The molecule has 0 aliphatic heterocycles. The second-order valence-electron chi connectivity index (χ2n) is 6.18. The van der Waals surface area contributed by atoms with E-state index < -0.39 is 6.10 Å². The van der Waals surface area contributed by atoms with Crippen LogP contribution >= 0.6 is 15.9 Å². The van der Waals surface area contributed by atoms with Crippen LogP contribution < -0.4 is 14.8 Å². The monoisotopic (exact) mass is 441 g/mol. The van der Waals surface area contributed by atoms with Crippen molar-refractivity contribution in [1.82, 2.24) is 9.97 Å². The van der Waals surface area contributed by atoms with Gasteiger partial charge in [0.05, 0.1) is 4.47 Å². The summed E-state index contributed by atoms with van der Waals surface area (Å²) in [6.45, 7) is 4.01. The van der Waals surface area contributed by atoms with Gasteiger partial charge >= 0.3 is 0 Å². The molecule has 0 bridgehead atoms. The molecule has 2 aromatic heterocycles. The van der Waals surface area contributed by atoms with Crippen molar-refractivity contribution >= 4 is 27.7 Å². The van der Waals surface area contributed by atoms with E-state index in [-0.39, 0.29) is 5.91 Å². The van der Waals surface area contributed by atoms with Crippen molar-refractivity contribution in [2.45, 2.75) is 26.6 Å². The Balaban J connectivity index is 1.64. The van der Waals surface area contributed by atoms with Gasteiger partial charge in [-0.05, 0) is 77.3 Å². The second-order valence-corrected chi connectivity index (χ2v) is 7.03. The largest absolute Gasteiger partial charge is 0.485 e. The Bertz CT molecular complexity index is 951. The van der Waals surface area contributed by atoms with Gasteiger partial charge in [0.25, 0.3) is 5.91 Å². The van der Waals surface area contributed by atoms with Gasteiger partial charge in [0.15, 0.2) is 17.7 Å². The SMILES string of the molecule is Cc1ccc(OC(C)C(=O)Nc2ncccc2OCc2ccncc2)c(Br)c1. The Hall–Kier alpha value is -2.93. The maximum Gasteiger partial charge on any atom is 0.266 e. The van der Waals surface area contributed by atoms with Gasteiger partial charge < -0.3 is 14.8 Å². The zero-order valence-electron chi connectivity index (χ0n) is 15.6. The van der Waals surface area contributed by atoms with Crippen LogP contribution in [0.4, 0.5) is 5.82 Å². The first kappa shape index (κ1) is 19.8. The molecule has 0 aliphatic rings. The number of amides is 1. The molecular weight excluding hydrogens is 422 g/mol. The highest BCUT2D eigenvalue weighted by Gasteiger charge is 2.18. The third-order valence-corrected chi connectivity index (χ3v) is 4.54. The Labute approximate surface area is 172 Å². The number of nitrogens with zero attached hydrogens (tertiary/aromatic N) is 2. The summed E-state index contributed by atoms with van der Waals surface area (Å²) in [6.07, 6.45) is 4.28. The van der Waals surface area contributed by atoms with Crippen LogP contribution in [-0.2, 0) is 11.4 Å². The van der Waals surface area contributed by atoms with E-state index in [2.05, 4.69) is 31.2 Å². The molecule has 28 heavy (non-hydrogen) atoms. The first-order valence-corrected chi connectivity index (χ1v) is 9.52. The van der Waals surface area contributed by atoms with E-state index >= 15 is 0 Å². The van der Waals surface area contributed by atoms with Crippen molar-refractivity contribution in [1.29, 1.82) is 0 Å². The summed E-state index contributed by atoms with van der Waals surface area (Å²) in [5, 5.41) is 2.77. The summed E-state index contributed by atoms with van der Waals surface area (Å²) < 4.78 is 12.4. The number of halogens is 1. The predicted molar refractivity (Wildman–Crippen MR) is 110 cm³/mol. The number of pyridine rings is 2. The average molecular weight is 442 g/mol. The highest BCUT2D eigenvalue weighted by atomic mass is 79.9. The molecule has 0 spiro atoms. The maximum atomic E-state index is 12.6. The highest BCUT2D eigenvalue weighted by molar-refractivity contribution is 9.10. The Morgan fingerprint density at radius 2 is 1.93 bits per heavy atom. The summed E-state index contributed by atoms with van der Waals surface area (Å²) in [7, 11) is 0. The molecule has 0 radical (unpaired) electrons. The molecule has 144 valence electrons. The average Bonchev–Trinajstić information content (AvgIpc) is 2.70. The summed E-state index contributed by atoms with van der Waals surface area (Å²) >= 11 is 3.45. The van der Waals surface area contributed by atoms with Crippen LogP contribution in [0.15, 0.2) is 65.5 Å². The van der Waals surface area contributed by atoms with Gasteiger partial charge in [-0.1, -0.05) is 6.07 Å². The zero-order valence-corrected chi connectivity index (χ0v) is 17.1. The van der Waals surface area contributed by atoms with Crippen LogP contribution in [0.5, 0.6) is 11.5 Å². The van der Waals surface area contributed by atoms with Crippen molar-refractivity contribution in [3.63, 3.8) is 0 Å². The van der Waals surface area contributed by atoms with E-state index in [9.17, 15) is 4.79 Å². The molecule has 0 fully saturated rings. The summed E-state index contributed by atoms with van der Waals surface area (Å²) in [5.74, 6) is 1.11. The van der Waals surface area contributed by atoms with Gasteiger partial charge in [-0.3, -0.25) is 9.78 Å². The Morgan fingerprint density at radius 1 is 1.14 bits per heavy atom. The number of ether oxygens (including phenoxy) is 2. The highest BCUT2D eigenvalue weighted by Crippen LogP contribution is 2.27. The molecule has 2 heterocycles. The predicted octanol–water partition coefficient (Wildman–Crippen LogP) is 4.53. The van der Waals surface area contributed by atoms with Crippen LogP contribution in [0.1, 0.15) is 18.1 Å². The fraction of sp³-hybridized carbons (Fsp3) is 0.190. The lowest BCUT2D eigenvalue weighted by Gasteiger charge is -2.17. The smallest absolute Gasteiger partial charge is 0.266 e. The molecule has 3 aromatic rings. The molecule has 1 aromatic carbocycles. The Kier molecular flexibility index (Phi) is 6.60. The van der Waals surface area contributed by atoms with Gasteiger partial charge in [-0.2, -0.15) is 0 Å². The fourth-order valence-corrected chi connectivity index (χ4v) is 2.99. The van der Waals surface area contributed by atoms with E-state index in [4.69, 9.17) is 9.47 Å². The molecule has 6 nitrogen and oxygen atoms in total. The lowest BCUT2D eigenvalue weighted by atomic mass is 10.2. The van der Waals surface area contributed by atoms with Gasteiger partial charge in [-0.25, -0.2) is 4.98 Å². The lowest BCUT2D eigenvalue weighted by Crippen LogP contribution is -2.30. The van der Waals surface area contributed by atoms with Gasteiger partial charge in [0.1, 0.15) is 12.4 Å². The number of hydrogen-bond donors (Lipinski definition) is 1. The Morgan fingerprint density at radius 3 is 2.68 bits per heavy atom. The normalized spacial score (nSPS) is 11.5. The number of nitrogens with one attached hydrogen (secondary N) is 1. The van der Waals surface area contributed by atoms with E-state index in [0.717, 1.165) is 15.6 Å². The minimum atomic E-state index is -0.714. The summed E-state index contributed by atoms with van der Waals surface area (Å²) in [5.41, 5.74) is 2.07. The van der Waals surface area contributed by atoms with Crippen LogP contribution in [0.25, 0.3) is 0 Å². The van der Waals surface area contributed by atoms with Crippen LogP contribution in [0, 0.1) is 6.92 Å². The third kappa shape index (κ3) is 5.29. The lowest BCUT2D eigenvalue weighted by molar-refractivity contribution is -0.122. The van der Waals surface area contributed by atoms with E-state index in [1.165, 1.54) is 0 Å². The number of anilines is 1. The number of carbonyl (C=O) groups is 1. The van der Waals surface area contributed by atoms with Crippen molar-refractivity contribution < 1.29 is 14.3 Å². The molecule has 1 N–H and O–H groups in total. The van der Waals surface area contributed by atoms with Crippen molar-refractivity contribution in [2.75, 3.05) is 5.32 Å². The van der Waals surface area contributed by atoms with E-state index in [0.29, 0.717) is 23.9 Å². The molecule has 1 unspecified atom stereocenters. The fourth-order valence-electron chi connectivity index (χ4n) is 2.40. The first-order chi connectivity index (χ1) is 13.5. The number of rotatable bonds is 7. The summed E-state index contributed by atoms with van der Waals surface area (Å²) in [6, 6.07) is 12.9. The van der Waals surface area contributed by atoms with Crippen LogP contribution in [0.3, 0.4) is 0 Å². The molecule has 0 saturated heterocycles. The number of hydrogen-bond acceptors (Lipinski definition) is 5. The topological polar surface area (TPSA) is 73.3 Å². The number of aromatic nitrogens is 2. The number of benzene rings is 1. The van der Waals surface area contributed by atoms with Gasteiger partial charge in [-0.15, -0.1) is 0 Å². The molecule has 0 saturated carbocycles. The second kappa shape index (κ2) is 9.32.